The first-order valence-electron chi connectivity index (χ1n) is 8.73. The number of aromatic amines is 1. The largest absolute Gasteiger partial charge is 0.516 e. The van der Waals surface area contributed by atoms with Gasteiger partial charge in [-0.25, -0.2) is 4.79 Å². The Balaban J connectivity index is 1.51. The summed E-state index contributed by atoms with van der Waals surface area (Å²) < 4.78 is 9.60. The second kappa shape index (κ2) is 9.34. The van der Waals surface area contributed by atoms with E-state index in [2.05, 4.69) is 14.9 Å². The van der Waals surface area contributed by atoms with Gasteiger partial charge in [0, 0.05) is 17.3 Å². The molecule has 1 aromatic heterocycles. The number of hydrogen-bond donors (Lipinski definition) is 2. The average Bonchev–Trinajstić information content (AvgIpc) is 3.15. The van der Waals surface area contributed by atoms with Crippen molar-refractivity contribution < 1.29 is 19.1 Å². The van der Waals surface area contributed by atoms with E-state index in [1.165, 1.54) is 0 Å². The SMILES string of the molecule is N[C@@H](CC(=O)OC(=O)OCc1ccccc1)Cc1ccc2[nH]ncc2c1CCl. The van der Waals surface area contributed by atoms with Gasteiger partial charge in [-0.1, -0.05) is 36.4 Å². The summed E-state index contributed by atoms with van der Waals surface area (Å²) in [6.45, 7) is 0.0306. The molecule has 0 aliphatic rings. The van der Waals surface area contributed by atoms with Crippen LogP contribution in [0.4, 0.5) is 4.79 Å². The third kappa shape index (κ3) is 5.09. The molecule has 0 aliphatic heterocycles. The number of H-pyrrole nitrogens is 1. The highest BCUT2D eigenvalue weighted by Crippen LogP contribution is 2.24. The van der Waals surface area contributed by atoms with Crippen molar-refractivity contribution in [3.05, 3.63) is 65.4 Å². The summed E-state index contributed by atoms with van der Waals surface area (Å²) in [4.78, 5) is 23.6. The average molecular weight is 402 g/mol. The van der Waals surface area contributed by atoms with Crippen LogP contribution in [0.3, 0.4) is 0 Å². The van der Waals surface area contributed by atoms with Crippen LogP contribution in [0.5, 0.6) is 0 Å². The predicted octanol–water partition coefficient (Wildman–Crippen LogP) is 3.44. The van der Waals surface area contributed by atoms with Crippen molar-refractivity contribution in [1.82, 2.24) is 10.2 Å². The van der Waals surface area contributed by atoms with Crippen molar-refractivity contribution in [1.29, 1.82) is 0 Å². The van der Waals surface area contributed by atoms with Crippen LogP contribution >= 0.6 is 11.6 Å². The quantitative estimate of drug-likeness (QED) is 0.356. The number of aromatic nitrogens is 2. The highest BCUT2D eigenvalue weighted by molar-refractivity contribution is 6.18. The molecule has 0 spiro atoms. The molecule has 2 aromatic carbocycles. The molecule has 7 nitrogen and oxygen atoms in total. The smallest absolute Gasteiger partial charge is 0.429 e. The zero-order chi connectivity index (χ0) is 19.9. The highest BCUT2D eigenvalue weighted by atomic mass is 35.5. The molecule has 3 rings (SSSR count). The molecular formula is C20H20ClN3O4. The number of benzene rings is 2. The summed E-state index contributed by atoms with van der Waals surface area (Å²) in [5, 5.41) is 7.82. The number of nitrogens with zero attached hydrogens (tertiary/aromatic N) is 1. The monoisotopic (exact) mass is 401 g/mol. The summed E-state index contributed by atoms with van der Waals surface area (Å²) >= 11 is 6.08. The fraction of sp³-hybridized carbons (Fsp3) is 0.250. The van der Waals surface area contributed by atoms with Crippen LogP contribution in [0, 0.1) is 0 Å². The zero-order valence-corrected chi connectivity index (χ0v) is 15.8. The maximum atomic E-state index is 11.9. The Morgan fingerprint density at radius 3 is 2.71 bits per heavy atom. The van der Waals surface area contributed by atoms with E-state index in [0.29, 0.717) is 12.3 Å². The highest BCUT2D eigenvalue weighted by Gasteiger charge is 2.18. The van der Waals surface area contributed by atoms with E-state index in [1.807, 2.05) is 30.3 Å². The first-order chi connectivity index (χ1) is 13.6. The van der Waals surface area contributed by atoms with Crippen molar-refractivity contribution in [2.45, 2.75) is 31.4 Å². The molecule has 0 saturated heterocycles. The summed E-state index contributed by atoms with van der Waals surface area (Å²) in [6, 6.07) is 12.4. The molecule has 3 aromatic rings. The zero-order valence-electron chi connectivity index (χ0n) is 15.1. The summed E-state index contributed by atoms with van der Waals surface area (Å²) in [5.41, 5.74) is 9.59. The molecule has 8 heteroatoms. The fourth-order valence-electron chi connectivity index (χ4n) is 2.92. The molecule has 0 amide bonds. The molecule has 146 valence electrons. The Bertz CT molecular complexity index is 958. The van der Waals surface area contributed by atoms with Gasteiger partial charge in [0.05, 0.1) is 18.1 Å². The maximum Gasteiger partial charge on any atom is 0.516 e. The van der Waals surface area contributed by atoms with Gasteiger partial charge in [-0.05, 0) is 29.2 Å². The maximum absolute atomic E-state index is 11.9. The van der Waals surface area contributed by atoms with E-state index in [4.69, 9.17) is 22.1 Å². The van der Waals surface area contributed by atoms with Crippen molar-refractivity contribution in [3.63, 3.8) is 0 Å². The third-order valence-electron chi connectivity index (χ3n) is 4.27. The number of carbonyl (C=O) groups excluding carboxylic acids is 2. The van der Waals surface area contributed by atoms with Gasteiger partial charge in [-0.2, -0.15) is 5.10 Å². The van der Waals surface area contributed by atoms with Crippen molar-refractivity contribution >= 4 is 34.6 Å². The van der Waals surface area contributed by atoms with E-state index >= 15 is 0 Å². The van der Waals surface area contributed by atoms with Crippen LogP contribution in [0.15, 0.2) is 48.7 Å². The number of hydrogen-bond acceptors (Lipinski definition) is 6. The minimum absolute atomic E-state index is 0.0306. The molecule has 0 radical (unpaired) electrons. The molecule has 3 N–H and O–H groups in total. The Labute approximate surface area is 166 Å². The number of esters is 1. The molecule has 0 bridgehead atoms. The van der Waals surface area contributed by atoms with E-state index in [-0.39, 0.29) is 13.0 Å². The molecule has 0 aliphatic carbocycles. The van der Waals surface area contributed by atoms with Crippen LogP contribution in [-0.2, 0) is 33.2 Å². The first-order valence-corrected chi connectivity index (χ1v) is 9.27. The number of fused-ring (bicyclic) bond motifs is 1. The molecule has 1 atom stereocenters. The predicted molar refractivity (Wildman–Crippen MR) is 105 cm³/mol. The molecule has 0 unspecified atom stereocenters. The fourth-order valence-corrected chi connectivity index (χ4v) is 3.24. The number of nitrogens with two attached hydrogens (primary N) is 1. The van der Waals surface area contributed by atoms with Gasteiger partial charge in [-0.3, -0.25) is 9.89 Å². The van der Waals surface area contributed by atoms with Crippen LogP contribution in [0.25, 0.3) is 10.9 Å². The van der Waals surface area contributed by atoms with E-state index in [1.54, 1.807) is 18.3 Å². The van der Waals surface area contributed by atoms with Gasteiger partial charge in [-0.15, -0.1) is 11.6 Å². The summed E-state index contributed by atoms with van der Waals surface area (Å²) in [6.07, 6.45) is 0.962. The Hall–Kier alpha value is -2.90. The molecule has 0 saturated carbocycles. The van der Waals surface area contributed by atoms with Gasteiger partial charge in [0.2, 0.25) is 0 Å². The second-order valence-corrected chi connectivity index (χ2v) is 6.60. The number of halogens is 1. The van der Waals surface area contributed by atoms with E-state index in [9.17, 15) is 9.59 Å². The van der Waals surface area contributed by atoms with Crippen LogP contribution in [0.2, 0.25) is 0 Å². The summed E-state index contributed by atoms with van der Waals surface area (Å²) in [5.74, 6) is -0.433. The van der Waals surface area contributed by atoms with Crippen molar-refractivity contribution in [2.75, 3.05) is 0 Å². The number of nitrogens with one attached hydrogen (secondary N) is 1. The molecule has 0 fully saturated rings. The van der Waals surface area contributed by atoms with Crippen molar-refractivity contribution in [2.24, 2.45) is 5.73 Å². The third-order valence-corrected chi connectivity index (χ3v) is 4.54. The minimum Gasteiger partial charge on any atom is -0.429 e. The van der Waals surface area contributed by atoms with Gasteiger partial charge in [0.15, 0.2) is 0 Å². The minimum atomic E-state index is -1.04. The Kier molecular flexibility index (Phi) is 6.62. The van der Waals surface area contributed by atoms with E-state index < -0.39 is 18.2 Å². The number of alkyl halides is 1. The lowest BCUT2D eigenvalue weighted by Crippen LogP contribution is -2.28. The molecule has 1 heterocycles. The normalized spacial score (nSPS) is 11.9. The number of carbonyl (C=O) groups is 2. The second-order valence-electron chi connectivity index (χ2n) is 6.33. The lowest BCUT2D eigenvalue weighted by Gasteiger charge is -2.14. The van der Waals surface area contributed by atoms with Crippen LogP contribution in [0.1, 0.15) is 23.1 Å². The topological polar surface area (TPSA) is 107 Å². The van der Waals surface area contributed by atoms with Gasteiger partial charge < -0.3 is 15.2 Å². The van der Waals surface area contributed by atoms with Gasteiger partial charge in [0.25, 0.3) is 0 Å². The lowest BCUT2D eigenvalue weighted by molar-refractivity contribution is -0.140. The van der Waals surface area contributed by atoms with Gasteiger partial charge >= 0.3 is 12.1 Å². The van der Waals surface area contributed by atoms with Crippen molar-refractivity contribution in [3.8, 4) is 0 Å². The van der Waals surface area contributed by atoms with Gasteiger partial charge in [0.1, 0.15) is 6.61 Å². The lowest BCUT2D eigenvalue weighted by atomic mass is 9.97. The molecular weight excluding hydrogens is 382 g/mol. The number of ether oxygens (including phenoxy) is 2. The van der Waals surface area contributed by atoms with Crippen LogP contribution < -0.4 is 5.73 Å². The standard InChI is InChI=1S/C20H20ClN3O4/c21-10-16-14(6-7-18-17(16)11-23-24-18)8-15(22)9-19(25)28-20(26)27-12-13-4-2-1-3-5-13/h1-7,11,15H,8-10,12,22H2,(H,23,24)/t15-/m1/s1. The molecule has 28 heavy (non-hydrogen) atoms. The first kappa shape index (κ1) is 19.9. The summed E-state index contributed by atoms with van der Waals surface area (Å²) in [7, 11) is 0. The Morgan fingerprint density at radius 1 is 1.18 bits per heavy atom. The Morgan fingerprint density at radius 2 is 1.96 bits per heavy atom. The van der Waals surface area contributed by atoms with Crippen LogP contribution in [-0.4, -0.2) is 28.4 Å². The van der Waals surface area contributed by atoms with E-state index in [0.717, 1.165) is 27.6 Å². The number of rotatable bonds is 7.